The van der Waals surface area contributed by atoms with Crippen molar-refractivity contribution in [3.8, 4) is 0 Å². The normalized spacial score (nSPS) is 21.6. The van der Waals surface area contributed by atoms with Gasteiger partial charge in [0.1, 0.15) is 12.1 Å². The molecule has 20 heavy (non-hydrogen) atoms. The monoisotopic (exact) mass is 265 g/mol. The summed E-state index contributed by atoms with van der Waals surface area (Å²) >= 11 is 0. The van der Waals surface area contributed by atoms with Crippen molar-refractivity contribution in [3.05, 3.63) is 78.9 Å². The quantitative estimate of drug-likeness (QED) is 0.791. The molecule has 2 aromatic rings. The molecule has 3 rings (SSSR count). The standard InChI is InChI=1S/C17H15NO2/c1-2-17(14-9-5-3-6-10-14)13-20-16(19)18(17)15-11-7-4-8-12-15/h2-12H,1,13H2. The number of ether oxygens (including phenoxy) is 1. The molecule has 1 amide bonds. The van der Waals surface area contributed by atoms with Crippen LogP contribution >= 0.6 is 0 Å². The number of anilines is 1. The molecule has 1 fully saturated rings. The highest BCUT2D eigenvalue weighted by molar-refractivity contribution is 5.92. The molecule has 1 aliphatic rings. The summed E-state index contributed by atoms with van der Waals surface area (Å²) in [5.74, 6) is 0. The van der Waals surface area contributed by atoms with E-state index in [0.29, 0.717) is 0 Å². The molecule has 1 saturated heterocycles. The SMILES string of the molecule is C=CC1(c2ccccc2)COC(=O)N1c1ccccc1. The molecule has 3 heteroatoms. The fourth-order valence-electron chi connectivity index (χ4n) is 2.58. The van der Waals surface area contributed by atoms with Gasteiger partial charge < -0.3 is 4.74 Å². The summed E-state index contributed by atoms with van der Waals surface area (Å²) in [7, 11) is 0. The van der Waals surface area contributed by atoms with Crippen molar-refractivity contribution >= 4 is 11.8 Å². The lowest BCUT2D eigenvalue weighted by Crippen LogP contribution is -2.43. The molecule has 0 saturated carbocycles. The van der Waals surface area contributed by atoms with Crippen molar-refractivity contribution in [2.24, 2.45) is 0 Å². The van der Waals surface area contributed by atoms with Crippen molar-refractivity contribution in [1.82, 2.24) is 0 Å². The zero-order valence-corrected chi connectivity index (χ0v) is 11.0. The Bertz CT molecular complexity index is 624. The molecule has 0 spiro atoms. The molecule has 0 aromatic heterocycles. The Morgan fingerprint density at radius 3 is 2.25 bits per heavy atom. The second kappa shape index (κ2) is 4.85. The molecule has 2 aromatic carbocycles. The maximum Gasteiger partial charge on any atom is 0.415 e. The molecular formula is C17H15NO2. The largest absolute Gasteiger partial charge is 0.446 e. The number of cyclic esters (lactones) is 1. The van der Waals surface area contributed by atoms with E-state index in [9.17, 15) is 4.79 Å². The van der Waals surface area contributed by atoms with E-state index in [2.05, 4.69) is 6.58 Å². The lowest BCUT2D eigenvalue weighted by atomic mass is 9.89. The number of hydrogen-bond acceptors (Lipinski definition) is 2. The highest BCUT2D eigenvalue weighted by Gasteiger charge is 2.47. The van der Waals surface area contributed by atoms with E-state index in [-0.39, 0.29) is 12.7 Å². The van der Waals surface area contributed by atoms with Gasteiger partial charge in [-0.1, -0.05) is 54.6 Å². The maximum absolute atomic E-state index is 12.2. The van der Waals surface area contributed by atoms with Crippen LogP contribution in [-0.4, -0.2) is 12.7 Å². The van der Waals surface area contributed by atoms with Crippen molar-refractivity contribution < 1.29 is 9.53 Å². The number of carbonyl (C=O) groups is 1. The van der Waals surface area contributed by atoms with Crippen LogP contribution in [0.4, 0.5) is 10.5 Å². The molecule has 0 bridgehead atoms. The highest BCUT2D eigenvalue weighted by atomic mass is 16.6. The minimum Gasteiger partial charge on any atom is -0.446 e. The number of amides is 1. The highest BCUT2D eigenvalue weighted by Crippen LogP contribution is 2.39. The molecule has 3 nitrogen and oxygen atoms in total. The van der Waals surface area contributed by atoms with Crippen LogP contribution in [-0.2, 0) is 10.3 Å². The summed E-state index contributed by atoms with van der Waals surface area (Å²) < 4.78 is 5.30. The minimum absolute atomic E-state index is 0.272. The zero-order chi connectivity index (χ0) is 14.0. The average molecular weight is 265 g/mol. The predicted molar refractivity (Wildman–Crippen MR) is 78.6 cm³/mol. The Balaban J connectivity index is 2.15. The van der Waals surface area contributed by atoms with Crippen LogP contribution in [0.2, 0.25) is 0 Å². The van der Waals surface area contributed by atoms with Crippen molar-refractivity contribution in [2.75, 3.05) is 11.5 Å². The number of carbonyl (C=O) groups excluding carboxylic acids is 1. The topological polar surface area (TPSA) is 29.5 Å². The Kier molecular flexibility index (Phi) is 3.03. The molecule has 0 aliphatic carbocycles. The Labute approximate surface area is 118 Å². The third-order valence-corrected chi connectivity index (χ3v) is 3.62. The zero-order valence-electron chi connectivity index (χ0n) is 11.0. The number of hydrogen-bond donors (Lipinski definition) is 0. The van der Waals surface area contributed by atoms with Gasteiger partial charge in [-0.25, -0.2) is 4.79 Å². The molecular weight excluding hydrogens is 250 g/mol. The van der Waals surface area contributed by atoms with Crippen LogP contribution in [0.5, 0.6) is 0 Å². The lowest BCUT2D eigenvalue weighted by molar-refractivity contribution is 0.176. The van der Waals surface area contributed by atoms with Gasteiger partial charge >= 0.3 is 6.09 Å². The van der Waals surface area contributed by atoms with Gasteiger partial charge in [0.05, 0.1) is 0 Å². The molecule has 0 radical (unpaired) electrons. The van der Waals surface area contributed by atoms with Crippen LogP contribution in [0.25, 0.3) is 0 Å². The summed E-state index contributed by atoms with van der Waals surface area (Å²) in [5, 5.41) is 0. The van der Waals surface area contributed by atoms with Gasteiger partial charge in [-0.2, -0.15) is 0 Å². The average Bonchev–Trinajstić information content (AvgIpc) is 2.87. The van der Waals surface area contributed by atoms with Gasteiger partial charge in [0, 0.05) is 5.69 Å². The van der Waals surface area contributed by atoms with E-state index in [1.807, 2.05) is 60.7 Å². The van der Waals surface area contributed by atoms with Crippen LogP contribution in [0.15, 0.2) is 73.3 Å². The van der Waals surface area contributed by atoms with Crippen LogP contribution in [0, 0.1) is 0 Å². The van der Waals surface area contributed by atoms with Crippen molar-refractivity contribution in [3.63, 3.8) is 0 Å². The predicted octanol–water partition coefficient (Wildman–Crippen LogP) is 3.72. The first-order chi connectivity index (χ1) is 9.78. The number of benzene rings is 2. The van der Waals surface area contributed by atoms with Gasteiger partial charge in [0.15, 0.2) is 0 Å². The molecule has 1 heterocycles. The van der Waals surface area contributed by atoms with E-state index in [0.717, 1.165) is 11.3 Å². The summed E-state index contributed by atoms with van der Waals surface area (Å²) in [6, 6.07) is 19.3. The van der Waals surface area contributed by atoms with E-state index in [1.54, 1.807) is 11.0 Å². The van der Waals surface area contributed by atoms with Crippen molar-refractivity contribution in [1.29, 1.82) is 0 Å². The lowest BCUT2D eigenvalue weighted by Gasteiger charge is -2.33. The van der Waals surface area contributed by atoms with Gasteiger partial charge in [0.2, 0.25) is 0 Å². The first kappa shape index (κ1) is 12.5. The molecule has 100 valence electrons. The molecule has 1 unspecified atom stereocenters. The van der Waals surface area contributed by atoms with Gasteiger partial charge in [-0.3, -0.25) is 4.90 Å². The Hall–Kier alpha value is -2.55. The first-order valence-corrected chi connectivity index (χ1v) is 6.49. The van der Waals surface area contributed by atoms with E-state index >= 15 is 0 Å². The summed E-state index contributed by atoms with van der Waals surface area (Å²) in [6.45, 7) is 4.20. The number of para-hydroxylation sites is 1. The third kappa shape index (κ3) is 1.79. The van der Waals surface area contributed by atoms with Gasteiger partial charge in [0.25, 0.3) is 0 Å². The molecule has 1 aliphatic heterocycles. The summed E-state index contributed by atoms with van der Waals surface area (Å²) in [5.41, 5.74) is 1.14. The van der Waals surface area contributed by atoms with Crippen LogP contribution < -0.4 is 4.90 Å². The fourth-order valence-corrected chi connectivity index (χ4v) is 2.58. The maximum atomic E-state index is 12.2. The first-order valence-electron chi connectivity index (χ1n) is 6.49. The molecule has 0 N–H and O–H groups in total. The number of nitrogens with zero attached hydrogens (tertiary/aromatic N) is 1. The summed E-state index contributed by atoms with van der Waals surface area (Å²) in [4.78, 5) is 13.8. The van der Waals surface area contributed by atoms with Gasteiger partial charge in [-0.15, -0.1) is 6.58 Å². The van der Waals surface area contributed by atoms with Gasteiger partial charge in [-0.05, 0) is 17.7 Å². The second-order valence-electron chi connectivity index (χ2n) is 4.72. The third-order valence-electron chi connectivity index (χ3n) is 3.62. The number of rotatable bonds is 3. The van der Waals surface area contributed by atoms with Crippen LogP contribution in [0.1, 0.15) is 5.56 Å². The van der Waals surface area contributed by atoms with E-state index < -0.39 is 5.54 Å². The second-order valence-corrected chi connectivity index (χ2v) is 4.72. The van der Waals surface area contributed by atoms with E-state index in [4.69, 9.17) is 4.74 Å². The van der Waals surface area contributed by atoms with Crippen molar-refractivity contribution in [2.45, 2.75) is 5.54 Å². The Morgan fingerprint density at radius 2 is 1.65 bits per heavy atom. The Morgan fingerprint density at radius 1 is 1.05 bits per heavy atom. The van der Waals surface area contributed by atoms with Crippen LogP contribution in [0.3, 0.4) is 0 Å². The fraction of sp³-hybridized carbons (Fsp3) is 0.118. The molecule has 1 atom stereocenters. The summed E-state index contributed by atoms with van der Waals surface area (Å²) in [6.07, 6.45) is 1.43. The minimum atomic E-state index is -0.653. The smallest absolute Gasteiger partial charge is 0.415 e. The van der Waals surface area contributed by atoms with E-state index in [1.165, 1.54) is 0 Å².